The molecule has 0 aliphatic carbocycles. The Morgan fingerprint density at radius 1 is 0.720 bits per heavy atom. The summed E-state index contributed by atoms with van der Waals surface area (Å²) in [5.74, 6) is -3.82. The number of esters is 1. The fourth-order valence-electron chi connectivity index (χ4n) is 1.65. The first-order valence-corrected chi connectivity index (χ1v) is 6.79. The molecule has 0 saturated carbocycles. The van der Waals surface area contributed by atoms with E-state index in [1.165, 1.54) is 6.92 Å². The SMILES string of the molecule is CC(=O)Oc1ccccc1.O=C(O)c1cc(C(=O)O)cc(C(=O)O)c1. The van der Waals surface area contributed by atoms with Gasteiger partial charge in [-0.25, -0.2) is 14.4 Å². The van der Waals surface area contributed by atoms with Gasteiger partial charge in [0.2, 0.25) is 0 Å². The molecule has 0 aliphatic rings. The average molecular weight is 346 g/mol. The van der Waals surface area contributed by atoms with Crippen molar-refractivity contribution in [2.45, 2.75) is 6.92 Å². The zero-order valence-corrected chi connectivity index (χ0v) is 13.0. The lowest BCUT2D eigenvalue weighted by atomic mass is 10.1. The summed E-state index contributed by atoms with van der Waals surface area (Å²) in [5, 5.41) is 25.8. The number of rotatable bonds is 4. The fourth-order valence-corrected chi connectivity index (χ4v) is 1.65. The molecule has 130 valence electrons. The summed E-state index contributed by atoms with van der Waals surface area (Å²) in [6.07, 6.45) is 0. The molecule has 0 atom stereocenters. The molecule has 2 rings (SSSR count). The van der Waals surface area contributed by atoms with Crippen LogP contribution in [0.5, 0.6) is 5.75 Å². The number of para-hydroxylation sites is 1. The zero-order chi connectivity index (χ0) is 19.0. The van der Waals surface area contributed by atoms with Crippen LogP contribution in [-0.4, -0.2) is 39.2 Å². The second kappa shape index (κ2) is 8.82. The summed E-state index contributed by atoms with van der Waals surface area (Å²) in [6.45, 7) is 1.38. The first-order valence-electron chi connectivity index (χ1n) is 6.79. The van der Waals surface area contributed by atoms with Gasteiger partial charge < -0.3 is 20.1 Å². The maximum Gasteiger partial charge on any atom is 0.335 e. The highest BCUT2D eigenvalue weighted by molar-refractivity contribution is 5.98. The molecule has 0 aliphatic heterocycles. The molecule has 2 aromatic carbocycles. The van der Waals surface area contributed by atoms with Gasteiger partial charge in [-0.05, 0) is 30.3 Å². The molecule has 0 spiro atoms. The van der Waals surface area contributed by atoms with Crippen molar-refractivity contribution >= 4 is 23.9 Å². The van der Waals surface area contributed by atoms with E-state index in [0.29, 0.717) is 5.75 Å². The highest BCUT2D eigenvalue weighted by Gasteiger charge is 2.14. The number of benzene rings is 2. The van der Waals surface area contributed by atoms with Crippen LogP contribution in [0.15, 0.2) is 48.5 Å². The molecule has 8 heteroatoms. The van der Waals surface area contributed by atoms with E-state index in [2.05, 4.69) is 0 Å². The lowest BCUT2D eigenvalue weighted by Gasteiger charge is -2.00. The predicted molar refractivity (Wildman–Crippen MR) is 85.1 cm³/mol. The van der Waals surface area contributed by atoms with Crippen LogP contribution in [0.2, 0.25) is 0 Å². The Bertz CT molecular complexity index is 717. The van der Waals surface area contributed by atoms with Crippen molar-refractivity contribution in [2.75, 3.05) is 0 Å². The topological polar surface area (TPSA) is 138 Å². The normalized spacial score (nSPS) is 9.32. The zero-order valence-electron chi connectivity index (χ0n) is 13.0. The van der Waals surface area contributed by atoms with Gasteiger partial charge in [0.25, 0.3) is 0 Å². The molecule has 0 heterocycles. The molecule has 0 bridgehead atoms. The fraction of sp³-hybridized carbons (Fsp3) is 0.0588. The summed E-state index contributed by atoms with van der Waals surface area (Å²) in [7, 11) is 0. The molecule has 3 N–H and O–H groups in total. The Morgan fingerprint density at radius 3 is 1.36 bits per heavy atom. The van der Waals surface area contributed by atoms with E-state index in [0.717, 1.165) is 18.2 Å². The van der Waals surface area contributed by atoms with Gasteiger partial charge in [0, 0.05) is 6.92 Å². The number of carbonyl (C=O) groups excluding carboxylic acids is 1. The van der Waals surface area contributed by atoms with Crippen LogP contribution in [0.1, 0.15) is 38.0 Å². The van der Waals surface area contributed by atoms with Gasteiger partial charge in [-0.2, -0.15) is 0 Å². The lowest BCUT2D eigenvalue weighted by molar-refractivity contribution is -0.131. The number of carboxylic acids is 3. The molecule has 25 heavy (non-hydrogen) atoms. The quantitative estimate of drug-likeness (QED) is 0.566. The van der Waals surface area contributed by atoms with Crippen molar-refractivity contribution < 1.29 is 39.2 Å². The van der Waals surface area contributed by atoms with Crippen molar-refractivity contribution in [1.29, 1.82) is 0 Å². The minimum absolute atomic E-state index is 0.286. The summed E-state index contributed by atoms with van der Waals surface area (Å²) >= 11 is 0. The van der Waals surface area contributed by atoms with Gasteiger partial charge in [-0.3, -0.25) is 4.79 Å². The van der Waals surface area contributed by atoms with E-state index < -0.39 is 17.9 Å². The molecule has 0 radical (unpaired) electrons. The molecule has 2 aromatic rings. The van der Waals surface area contributed by atoms with Crippen molar-refractivity contribution in [1.82, 2.24) is 0 Å². The van der Waals surface area contributed by atoms with Gasteiger partial charge in [-0.1, -0.05) is 18.2 Å². The lowest BCUT2D eigenvalue weighted by Crippen LogP contribution is -2.07. The van der Waals surface area contributed by atoms with Gasteiger partial charge in [0.15, 0.2) is 0 Å². The second-order valence-electron chi connectivity index (χ2n) is 4.62. The summed E-state index contributed by atoms with van der Waals surface area (Å²) in [6, 6.07) is 11.7. The Balaban J connectivity index is 0.000000271. The molecule has 8 nitrogen and oxygen atoms in total. The summed E-state index contributed by atoms with van der Waals surface area (Å²) < 4.78 is 4.78. The standard InChI is InChI=1S/C9H6O6.C8H8O2/c10-7(11)4-1-5(8(12)13)3-6(2-4)9(14)15;1-7(9)10-8-5-3-2-4-6-8/h1-3H,(H,10,11)(H,12,13)(H,14,15);2-6H,1H3. The maximum atomic E-state index is 10.6. The molecule has 0 amide bonds. The van der Waals surface area contributed by atoms with Gasteiger partial charge in [-0.15, -0.1) is 0 Å². The smallest absolute Gasteiger partial charge is 0.335 e. The van der Waals surface area contributed by atoms with E-state index in [1.807, 2.05) is 18.2 Å². The third kappa shape index (κ3) is 6.53. The first kappa shape index (κ1) is 19.4. The van der Waals surface area contributed by atoms with Crippen LogP contribution in [-0.2, 0) is 4.79 Å². The van der Waals surface area contributed by atoms with Gasteiger partial charge in [0.05, 0.1) is 16.7 Å². The Labute approximate surface area is 141 Å². The average Bonchev–Trinajstić information content (AvgIpc) is 2.55. The number of ether oxygens (including phenoxy) is 1. The highest BCUT2D eigenvalue weighted by atomic mass is 16.5. The van der Waals surface area contributed by atoms with Gasteiger partial charge in [0.1, 0.15) is 5.75 Å². The van der Waals surface area contributed by atoms with Crippen LogP contribution >= 0.6 is 0 Å². The molecule has 0 aromatic heterocycles. The first-order chi connectivity index (χ1) is 11.7. The Hall–Kier alpha value is -3.68. The summed E-state index contributed by atoms with van der Waals surface area (Å²) in [4.78, 5) is 42.1. The number of hydrogen-bond acceptors (Lipinski definition) is 5. The maximum absolute atomic E-state index is 10.6. The van der Waals surface area contributed by atoms with E-state index in [-0.39, 0.29) is 22.7 Å². The monoisotopic (exact) mass is 346 g/mol. The van der Waals surface area contributed by atoms with Crippen LogP contribution in [0.4, 0.5) is 0 Å². The molecule has 0 unspecified atom stereocenters. The summed E-state index contributed by atoms with van der Waals surface area (Å²) in [5.41, 5.74) is -1.10. The number of carbonyl (C=O) groups is 4. The van der Waals surface area contributed by atoms with Gasteiger partial charge >= 0.3 is 23.9 Å². The third-order valence-corrected chi connectivity index (χ3v) is 2.68. The minimum atomic E-state index is -1.37. The predicted octanol–water partition coefficient (Wildman–Crippen LogP) is 2.39. The van der Waals surface area contributed by atoms with Crippen molar-refractivity contribution in [3.8, 4) is 5.75 Å². The van der Waals surface area contributed by atoms with E-state index in [4.69, 9.17) is 20.1 Å². The highest BCUT2D eigenvalue weighted by Crippen LogP contribution is 2.11. The van der Waals surface area contributed by atoms with Crippen LogP contribution in [0.3, 0.4) is 0 Å². The molecular weight excluding hydrogens is 332 g/mol. The molecule has 0 saturated heterocycles. The Morgan fingerprint density at radius 2 is 1.08 bits per heavy atom. The molecular formula is C17H14O8. The van der Waals surface area contributed by atoms with Crippen molar-refractivity contribution in [3.05, 3.63) is 65.2 Å². The van der Waals surface area contributed by atoms with Crippen molar-refractivity contribution in [3.63, 3.8) is 0 Å². The number of hydrogen-bond donors (Lipinski definition) is 3. The second-order valence-corrected chi connectivity index (χ2v) is 4.62. The minimum Gasteiger partial charge on any atom is -0.478 e. The molecule has 0 fully saturated rings. The van der Waals surface area contributed by atoms with Crippen LogP contribution < -0.4 is 4.74 Å². The van der Waals surface area contributed by atoms with E-state index >= 15 is 0 Å². The van der Waals surface area contributed by atoms with E-state index in [1.54, 1.807) is 12.1 Å². The largest absolute Gasteiger partial charge is 0.478 e. The number of aromatic carboxylic acids is 3. The van der Waals surface area contributed by atoms with Crippen LogP contribution in [0.25, 0.3) is 0 Å². The number of carboxylic acid groups (broad SMARTS) is 3. The van der Waals surface area contributed by atoms with Crippen molar-refractivity contribution in [2.24, 2.45) is 0 Å². The third-order valence-electron chi connectivity index (χ3n) is 2.68. The van der Waals surface area contributed by atoms with Crippen LogP contribution in [0, 0.1) is 0 Å². The van der Waals surface area contributed by atoms with E-state index in [9.17, 15) is 19.2 Å². The Kier molecular flexibility index (Phi) is 6.83.